The number of piperidine rings is 1. The Morgan fingerprint density at radius 1 is 1.23 bits per heavy atom. The molecule has 1 saturated heterocycles. The summed E-state index contributed by atoms with van der Waals surface area (Å²) < 4.78 is 16.7. The molecule has 35 heavy (non-hydrogen) atoms. The van der Waals surface area contributed by atoms with Gasteiger partial charge in [0.05, 0.1) is 18.4 Å². The highest BCUT2D eigenvalue weighted by molar-refractivity contribution is 7.15. The van der Waals surface area contributed by atoms with Gasteiger partial charge in [-0.1, -0.05) is 23.8 Å². The largest absolute Gasteiger partial charge is 0.382 e. The molecule has 3 aromatic rings. The van der Waals surface area contributed by atoms with Gasteiger partial charge >= 0.3 is 0 Å². The summed E-state index contributed by atoms with van der Waals surface area (Å²) in [6, 6.07) is 6.62. The first kappa shape index (κ1) is 20.0. The van der Waals surface area contributed by atoms with Crippen LogP contribution in [0, 0.1) is 12.3 Å². The fourth-order valence-corrected chi connectivity index (χ4v) is 6.50. The lowest BCUT2D eigenvalue weighted by atomic mass is 9.73. The molecule has 1 fully saturated rings. The number of aromatic nitrogens is 3. The number of hydrogen-bond acceptors (Lipinski definition) is 9. The molecule has 2 aromatic heterocycles. The Morgan fingerprint density at radius 2 is 2.03 bits per heavy atom. The van der Waals surface area contributed by atoms with E-state index in [-0.39, 0.29) is 41.2 Å². The number of carbonyl (C=O) groups excluding carboxylic acids is 1. The van der Waals surface area contributed by atoms with E-state index >= 15 is 0 Å². The molecule has 6 N–H and O–H groups in total. The second-order valence-electron chi connectivity index (χ2n) is 9.83. The molecule has 4 heterocycles. The molecule has 1 aliphatic carbocycles. The second-order valence-corrected chi connectivity index (χ2v) is 10.9. The van der Waals surface area contributed by atoms with E-state index in [2.05, 4.69) is 45.0 Å². The zero-order valence-electron chi connectivity index (χ0n) is 21.6. The molecule has 2 aliphatic heterocycles. The number of benzene rings is 1. The van der Waals surface area contributed by atoms with Gasteiger partial charge in [-0.05, 0) is 42.7 Å². The van der Waals surface area contributed by atoms with Gasteiger partial charge < -0.3 is 27.0 Å². The number of anilines is 3. The molecule has 0 saturated carbocycles. The van der Waals surface area contributed by atoms with Gasteiger partial charge in [-0.25, -0.2) is 15.0 Å². The van der Waals surface area contributed by atoms with Crippen molar-refractivity contribution in [1.29, 1.82) is 0 Å². The van der Waals surface area contributed by atoms with Crippen LogP contribution >= 0.6 is 11.3 Å². The summed E-state index contributed by atoms with van der Waals surface area (Å²) in [7, 11) is 0. The average Bonchev–Trinajstić information content (AvgIpc) is 3.36. The number of nitrogens with two attached hydrogens (primary N) is 3. The van der Waals surface area contributed by atoms with Crippen LogP contribution in [0.15, 0.2) is 24.4 Å². The fourth-order valence-electron chi connectivity index (χ4n) is 5.67. The third kappa shape index (κ3) is 3.71. The molecule has 9 nitrogen and oxygen atoms in total. The number of nitrogens with zero attached hydrogens (tertiary/aromatic N) is 5. The molecule has 182 valence electrons. The number of hydrogen-bond donors (Lipinski definition) is 3. The van der Waals surface area contributed by atoms with Crippen LogP contribution in [0.1, 0.15) is 59.4 Å². The second kappa shape index (κ2) is 8.17. The van der Waals surface area contributed by atoms with Crippen LogP contribution in [0.3, 0.4) is 0 Å². The van der Waals surface area contributed by atoms with Crippen molar-refractivity contribution in [2.75, 3.05) is 36.0 Å². The number of nitrogen functional groups attached to an aromatic ring is 2. The van der Waals surface area contributed by atoms with E-state index in [1.807, 2.05) is 0 Å². The van der Waals surface area contributed by atoms with Crippen LogP contribution in [0.25, 0.3) is 0 Å². The summed E-state index contributed by atoms with van der Waals surface area (Å²) in [5.74, 6) is 0.217. The normalized spacial score (nSPS) is 23.0. The van der Waals surface area contributed by atoms with Crippen LogP contribution in [0.5, 0.6) is 0 Å². The van der Waals surface area contributed by atoms with Gasteiger partial charge in [-0.15, -0.1) is 11.3 Å². The first-order chi connectivity index (χ1) is 17.6. The topological polar surface area (TPSA) is 140 Å². The van der Waals surface area contributed by atoms with Gasteiger partial charge in [0.25, 0.3) is 5.91 Å². The van der Waals surface area contributed by atoms with Crippen molar-refractivity contribution >= 4 is 34.0 Å². The molecular weight excluding hydrogens is 460 g/mol. The summed E-state index contributed by atoms with van der Waals surface area (Å²) in [5, 5.41) is 0.285. The zero-order chi connectivity index (χ0) is 26.1. The summed E-state index contributed by atoms with van der Waals surface area (Å²) in [4.78, 5) is 30.4. The van der Waals surface area contributed by atoms with Gasteiger partial charge in [0.2, 0.25) is 0 Å². The maximum absolute atomic E-state index is 13.3. The SMILES string of the molecule is [2H]C1([2H])CN(C(=O)c2ncc(N3CCC4(CC3)Cc3ccc(C)cc3C4N)nc2N)Cc2sc(N)nc21. The van der Waals surface area contributed by atoms with Crippen LogP contribution in [-0.4, -0.2) is 45.4 Å². The van der Waals surface area contributed by atoms with E-state index < -0.39 is 12.3 Å². The standard InChI is InChI=1S/C25H30N8OS/c1-14-2-3-15-11-25(21(26)16(15)10-14)5-8-32(9-6-25)19-12-29-20(22(27)31-19)23(34)33-7-4-17-18(13-33)35-24(28)30-17/h2-3,10,12,21H,4-9,11,13,26H2,1H3,(H2,27,31)(H2,28,30)/i4D2. The van der Waals surface area contributed by atoms with Crippen LogP contribution in [0.4, 0.5) is 16.8 Å². The number of amides is 1. The number of carbonyl (C=O) groups is 1. The Balaban J connectivity index is 1.16. The Bertz CT molecular complexity index is 1400. The van der Waals surface area contributed by atoms with E-state index in [1.165, 1.54) is 32.9 Å². The van der Waals surface area contributed by atoms with Gasteiger partial charge in [0, 0.05) is 39.7 Å². The minimum absolute atomic E-state index is 0.0256. The van der Waals surface area contributed by atoms with Crippen LogP contribution < -0.4 is 22.1 Å². The van der Waals surface area contributed by atoms with Crippen molar-refractivity contribution in [3.8, 4) is 0 Å². The quantitative estimate of drug-likeness (QED) is 0.495. The van der Waals surface area contributed by atoms with Crippen molar-refractivity contribution in [3.63, 3.8) is 0 Å². The Labute approximate surface area is 211 Å². The summed E-state index contributed by atoms with van der Waals surface area (Å²) in [5.41, 5.74) is 23.0. The van der Waals surface area contributed by atoms with Gasteiger partial charge in [0.1, 0.15) is 5.82 Å². The van der Waals surface area contributed by atoms with Gasteiger partial charge in [0.15, 0.2) is 16.6 Å². The molecule has 6 rings (SSSR count). The zero-order valence-corrected chi connectivity index (χ0v) is 20.4. The molecule has 1 spiro atoms. The van der Waals surface area contributed by atoms with Crippen molar-refractivity contribution in [2.24, 2.45) is 11.1 Å². The van der Waals surface area contributed by atoms with Crippen molar-refractivity contribution in [1.82, 2.24) is 19.9 Å². The summed E-state index contributed by atoms with van der Waals surface area (Å²) >= 11 is 1.19. The number of thiazole rings is 1. The van der Waals surface area contributed by atoms with E-state index in [4.69, 9.17) is 19.9 Å². The molecule has 1 amide bonds. The molecular formula is C25H30N8OS. The molecule has 3 aliphatic rings. The van der Waals surface area contributed by atoms with E-state index in [1.54, 1.807) is 6.20 Å². The number of rotatable bonds is 2. The lowest BCUT2D eigenvalue weighted by Gasteiger charge is -2.42. The van der Waals surface area contributed by atoms with Crippen LogP contribution in [0.2, 0.25) is 0 Å². The average molecular weight is 493 g/mol. The highest BCUT2D eigenvalue weighted by atomic mass is 32.1. The van der Waals surface area contributed by atoms with E-state index in [9.17, 15) is 4.79 Å². The first-order valence-electron chi connectivity index (χ1n) is 12.8. The Hall–Kier alpha value is -3.24. The monoisotopic (exact) mass is 492 g/mol. The maximum atomic E-state index is 13.3. The summed E-state index contributed by atoms with van der Waals surface area (Å²) in [6.45, 7) is 3.73. The lowest BCUT2D eigenvalue weighted by molar-refractivity contribution is 0.0731. The third-order valence-corrected chi connectivity index (χ3v) is 8.55. The molecule has 1 atom stereocenters. The minimum Gasteiger partial charge on any atom is -0.382 e. The Morgan fingerprint density at radius 3 is 2.80 bits per heavy atom. The lowest BCUT2D eigenvalue weighted by Crippen LogP contribution is -2.44. The van der Waals surface area contributed by atoms with Crippen molar-refractivity contribution in [2.45, 2.75) is 45.1 Å². The summed E-state index contributed by atoms with van der Waals surface area (Å²) in [6.07, 6.45) is 2.65. The highest BCUT2D eigenvalue weighted by Crippen LogP contribution is 2.51. The molecule has 1 aromatic carbocycles. The number of aryl methyl sites for hydroxylation is 1. The molecule has 0 radical (unpaired) electrons. The Kier molecular flexibility index (Phi) is 4.67. The first-order valence-corrected chi connectivity index (χ1v) is 12.7. The third-order valence-electron chi connectivity index (χ3n) is 7.68. The molecule has 10 heteroatoms. The smallest absolute Gasteiger partial charge is 0.276 e. The van der Waals surface area contributed by atoms with Crippen molar-refractivity contribution < 1.29 is 7.54 Å². The van der Waals surface area contributed by atoms with Crippen molar-refractivity contribution in [3.05, 3.63) is 57.4 Å². The fraction of sp³-hybridized carbons (Fsp3) is 0.440. The molecule has 1 unspecified atom stereocenters. The maximum Gasteiger partial charge on any atom is 0.276 e. The molecule has 0 bridgehead atoms. The highest BCUT2D eigenvalue weighted by Gasteiger charge is 2.46. The predicted octanol–water partition coefficient (Wildman–Crippen LogP) is 2.45. The van der Waals surface area contributed by atoms with Gasteiger partial charge in [-0.2, -0.15) is 0 Å². The van der Waals surface area contributed by atoms with E-state index in [0.717, 1.165) is 32.4 Å². The predicted molar refractivity (Wildman–Crippen MR) is 137 cm³/mol. The number of fused-ring (bicyclic) bond motifs is 2. The van der Waals surface area contributed by atoms with Gasteiger partial charge in [-0.3, -0.25) is 4.79 Å². The van der Waals surface area contributed by atoms with Crippen LogP contribution in [-0.2, 0) is 19.3 Å². The van der Waals surface area contributed by atoms with E-state index in [0.29, 0.717) is 16.4 Å². The minimum atomic E-state index is -1.80.